The molecule has 0 spiro atoms. The average Bonchev–Trinajstić information content (AvgIpc) is 2.60. The maximum absolute atomic E-state index is 6.26. The first-order valence-electron chi connectivity index (χ1n) is 8.04. The van der Waals surface area contributed by atoms with Crippen molar-refractivity contribution >= 4 is 23.2 Å². The molecular formula is C20H21Cl2NO3. The molecule has 0 fully saturated rings. The van der Waals surface area contributed by atoms with Crippen LogP contribution in [0.5, 0.6) is 17.4 Å². The van der Waals surface area contributed by atoms with E-state index in [9.17, 15) is 0 Å². The van der Waals surface area contributed by atoms with Crippen molar-refractivity contribution in [3.63, 3.8) is 0 Å². The van der Waals surface area contributed by atoms with Crippen molar-refractivity contribution in [2.24, 2.45) is 0 Å². The number of rotatable bonds is 9. The second kappa shape index (κ2) is 10.1. The van der Waals surface area contributed by atoms with Crippen molar-refractivity contribution in [2.75, 3.05) is 19.8 Å². The zero-order chi connectivity index (χ0) is 18.9. The summed E-state index contributed by atoms with van der Waals surface area (Å²) in [6.07, 6.45) is 3.63. The van der Waals surface area contributed by atoms with Crippen LogP contribution in [-0.2, 0) is 0 Å². The fraction of sp³-hybridized carbons (Fsp3) is 0.250. The highest BCUT2D eigenvalue weighted by Gasteiger charge is 2.11. The van der Waals surface area contributed by atoms with Crippen LogP contribution in [0.2, 0.25) is 10.0 Å². The van der Waals surface area contributed by atoms with Crippen molar-refractivity contribution in [2.45, 2.75) is 13.8 Å². The number of ether oxygens (including phenoxy) is 3. The van der Waals surface area contributed by atoms with Crippen LogP contribution >= 0.6 is 23.2 Å². The summed E-state index contributed by atoms with van der Waals surface area (Å²) in [4.78, 5) is 4.08. The largest absolute Gasteiger partial charge is 0.489 e. The van der Waals surface area contributed by atoms with Gasteiger partial charge in [-0.2, -0.15) is 0 Å². The van der Waals surface area contributed by atoms with Gasteiger partial charge in [0.1, 0.15) is 25.6 Å². The molecule has 0 atom stereocenters. The van der Waals surface area contributed by atoms with E-state index in [0.29, 0.717) is 34.0 Å². The molecule has 1 aromatic heterocycles. The Balaban J connectivity index is 1.88. The van der Waals surface area contributed by atoms with Gasteiger partial charge < -0.3 is 14.2 Å². The van der Waals surface area contributed by atoms with Crippen LogP contribution in [0.4, 0.5) is 0 Å². The molecule has 0 aliphatic carbocycles. The van der Waals surface area contributed by atoms with Gasteiger partial charge >= 0.3 is 0 Å². The Morgan fingerprint density at radius 3 is 2.38 bits per heavy atom. The molecule has 0 saturated heterocycles. The molecule has 0 amide bonds. The highest BCUT2D eigenvalue weighted by atomic mass is 35.5. The first-order chi connectivity index (χ1) is 12.5. The smallest absolute Gasteiger partial charge is 0.213 e. The van der Waals surface area contributed by atoms with Crippen molar-refractivity contribution in [3.05, 3.63) is 70.4 Å². The summed E-state index contributed by atoms with van der Waals surface area (Å²) >= 11 is 12.5. The Bertz CT molecular complexity index is 749. The van der Waals surface area contributed by atoms with E-state index < -0.39 is 0 Å². The molecule has 0 aliphatic heterocycles. The summed E-state index contributed by atoms with van der Waals surface area (Å²) < 4.78 is 16.8. The van der Waals surface area contributed by atoms with Crippen LogP contribution in [0, 0.1) is 0 Å². The summed E-state index contributed by atoms with van der Waals surface area (Å²) in [7, 11) is 0. The Morgan fingerprint density at radius 1 is 1.08 bits per heavy atom. The van der Waals surface area contributed by atoms with Gasteiger partial charge in [0, 0.05) is 24.4 Å². The Labute approximate surface area is 164 Å². The third-order valence-corrected chi connectivity index (χ3v) is 3.76. The minimum Gasteiger partial charge on any atom is -0.489 e. The summed E-state index contributed by atoms with van der Waals surface area (Å²) in [6.45, 7) is 8.90. The SMILES string of the molecule is C=C(COc1ccccn1)COc1c(Cl)cc(OCC=C(C)C)cc1Cl. The van der Waals surface area contributed by atoms with Gasteiger partial charge in [0.25, 0.3) is 0 Å². The number of halogens is 2. The van der Waals surface area contributed by atoms with Gasteiger partial charge in [-0.15, -0.1) is 0 Å². The van der Waals surface area contributed by atoms with Gasteiger partial charge in [-0.05, 0) is 31.6 Å². The van der Waals surface area contributed by atoms with E-state index in [1.54, 1.807) is 24.4 Å². The maximum Gasteiger partial charge on any atom is 0.213 e. The predicted octanol–water partition coefficient (Wildman–Crippen LogP) is 5.75. The highest BCUT2D eigenvalue weighted by Crippen LogP contribution is 2.37. The summed E-state index contributed by atoms with van der Waals surface area (Å²) in [5.74, 6) is 1.51. The van der Waals surface area contributed by atoms with E-state index in [4.69, 9.17) is 37.4 Å². The molecule has 6 heteroatoms. The first kappa shape index (κ1) is 20.1. The van der Waals surface area contributed by atoms with Crippen LogP contribution in [0.1, 0.15) is 13.8 Å². The Hall–Kier alpha value is -2.17. The van der Waals surface area contributed by atoms with E-state index >= 15 is 0 Å². The van der Waals surface area contributed by atoms with Crippen LogP contribution in [0.3, 0.4) is 0 Å². The molecule has 26 heavy (non-hydrogen) atoms. The lowest BCUT2D eigenvalue weighted by atomic mass is 10.3. The van der Waals surface area contributed by atoms with E-state index in [2.05, 4.69) is 11.6 Å². The van der Waals surface area contributed by atoms with Gasteiger partial charge in [-0.1, -0.05) is 41.4 Å². The molecule has 2 rings (SSSR count). The molecule has 0 bridgehead atoms. The second-order valence-corrected chi connectivity index (χ2v) is 6.62. The quantitative estimate of drug-likeness (QED) is 0.508. The maximum atomic E-state index is 6.26. The molecule has 0 N–H and O–H groups in total. The molecule has 1 heterocycles. The number of allylic oxidation sites excluding steroid dienone is 1. The molecule has 0 saturated carbocycles. The third-order valence-electron chi connectivity index (χ3n) is 3.20. The molecule has 138 valence electrons. The molecule has 0 radical (unpaired) electrons. The first-order valence-corrected chi connectivity index (χ1v) is 8.80. The average molecular weight is 394 g/mol. The number of nitrogens with zero attached hydrogens (tertiary/aromatic N) is 1. The number of pyridine rings is 1. The van der Waals surface area contributed by atoms with E-state index in [-0.39, 0.29) is 13.2 Å². The van der Waals surface area contributed by atoms with Gasteiger partial charge in [-0.25, -0.2) is 4.98 Å². The van der Waals surface area contributed by atoms with Crippen molar-refractivity contribution < 1.29 is 14.2 Å². The van der Waals surface area contributed by atoms with Gasteiger partial charge in [0.05, 0.1) is 10.0 Å². The van der Waals surface area contributed by atoms with E-state index in [1.165, 1.54) is 5.57 Å². The van der Waals surface area contributed by atoms with Gasteiger partial charge in [0.15, 0.2) is 5.75 Å². The minimum atomic E-state index is 0.226. The fourth-order valence-electron chi connectivity index (χ4n) is 1.89. The molecule has 2 aromatic rings. The zero-order valence-corrected chi connectivity index (χ0v) is 16.3. The topological polar surface area (TPSA) is 40.6 Å². The molecule has 0 unspecified atom stereocenters. The predicted molar refractivity (Wildman–Crippen MR) is 106 cm³/mol. The summed E-state index contributed by atoms with van der Waals surface area (Å²) in [5, 5.41) is 0.756. The lowest BCUT2D eigenvalue weighted by molar-refractivity contribution is 0.295. The zero-order valence-electron chi connectivity index (χ0n) is 14.8. The Kier molecular flexibility index (Phi) is 7.82. The fourth-order valence-corrected chi connectivity index (χ4v) is 2.46. The minimum absolute atomic E-state index is 0.226. The van der Waals surface area contributed by atoms with Crippen molar-refractivity contribution in [1.29, 1.82) is 0 Å². The van der Waals surface area contributed by atoms with Gasteiger partial charge in [0.2, 0.25) is 5.88 Å². The number of aromatic nitrogens is 1. The highest BCUT2D eigenvalue weighted by molar-refractivity contribution is 6.37. The molecule has 1 aromatic carbocycles. The molecule has 4 nitrogen and oxygen atoms in total. The van der Waals surface area contributed by atoms with Gasteiger partial charge in [-0.3, -0.25) is 0 Å². The summed E-state index contributed by atoms with van der Waals surface area (Å²) in [6, 6.07) is 8.80. The molecule has 0 aliphatic rings. The molecular weight excluding hydrogens is 373 g/mol. The third kappa shape index (κ3) is 6.62. The number of benzene rings is 1. The lowest BCUT2D eigenvalue weighted by Crippen LogP contribution is -2.09. The van der Waals surface area contributed by atoms with E-state index in [0.717, 1.165) is 5.57 Å². The van der Waals surface area contributed by atoms with Crippen LogP contribution in [0.15, 0.2) is 60.3 Å². The second-order valence-electron chi connectivity index (χ2n) is 5.80. The Morgan fingerprint density at radius 2 is 1.77 bits per heavy atom. The van der Waals surface area contributed by atoms with Crippen LogP contribution in [0.25, 0.3) is 0 Å². The van der Waals surface area contributed by atoms with Crippen LogP contribution in [-0.4, -0.2) is 24.8 Å². The standard InChI is InChI=1S/C20H21Cl2NO3/c1-14(2)7-9-24-16-10-17(21)20(18(22)11-16)26-13-15(3)12-25-19-6-4-5-8-23-19/h4-8,10-11H,3,9,12-13H2,1-2H3. The summed E-state index contributed by atoms with van der Waals surface area (Å²) in [5.41, 5.74) is 1.90. The van der Waals surface area contributed by atoms with Crippen LogP contribution < -0.4 is 14.2 Å². The normalized spacial score (nSPS) is 10.2. The number of hydrogen-bond acceptors (Lipinski definition) is 4. The number of hydrogen-bond donors (Lipinski definition) is 0. The monoisotopic (exact) mass is 393 g/mol. The van der Waals surface area contributed by atoms with Crippen molar-refractivity contribution in [3.8, 4) is 17.4 Å². The lowest BCUT2D eigenvalue weighted by Gasteiger charge is -2.13. The van der Waals surface area contributed by atoms with E-state index in [1.807, 2.05) is 32.1 Å². The van der Waals surface area contributed by atoms with Crippen molar-refractivity contribution in [1.82, 2.24) is 4.98 Å².